The van der Waals surface area contributed by atoms with Crippen LogP contribution < -0.4 is 14.2 Å². The summed E-state index contributed by atoms with van der Waals surface area (Å²) in [6.07, 6.45) is 1.50. The lowest BCUT2D eigenvalue weighted by molar-refractivity contribution is 0.402. The molecule has 0 atom stereocenters. The fourth-order valence-electron chi connectivity index (χ4n) is 2.36. The normalized spacial score (nSPS) is 11.3. The van der Waals surface area contributed by atoms with Gasteiger partial charge in [-0.05, 0) is 55.2 Å². The van der Waals surface area contributed by atoms with Crippen LogP contribution >= 0.6 is 0 Å². The van der Waals surface area contributed by atoms with Crippen molar-refractivity contribution in [2.24, 2.45) is 0 Å². The number of ether oxygens (including phenoxy) is 2. The van der Waals surface area contributed by atoms with Gasteiger partial charge in [0.25, 0.3) is 0 Å². The van der Waals surface area contributed by atoms with Crippen molar-refractivity contribution in [2.75, 3.05) is 20.8 Å². The molecule has 2 aromatic rings. The smallest absolute Gasteiger partial charge is 0.244 e. The maximum absolute atomic E-state index is 12.5. The molecule has 0 aliphatic rings. The van der Waals surface area contributed by atoms with Gasteiger partial charge in [-0.25, -0.2) is 13.1 Å². The van der Waals surface area contributed by atoms with E-state index in [2.05, 4.69) is 4.72 Å². The quantitative estimate of drug-likeness (QED) is 0.744. The molecule has 24 heavy (non-hydrogen) atoms. The van der Waals surface area contributed by atoms with Crippen molar-refractivity contribution in [3.8, 4) is 11.5 Å². The van der Waals surface area contributed by atoms with E-state index >= 15 is 0 Å². The number of hydrogen-bond donors (Lipinski definition) is 1. The van der Waals surface area contributed by atoms with Crippen LogP contribution in [0.4, 0.5) is 0 Å². The van der Waals surface area contributed by atoms with Gasteiger partial charge in [0.15, 0.2) is 0 Å². The van der Waals surface area contributed by atoms with Crippen molar-refractivity contribution in [3.05, 3.63) is 53.6 Å². The van der Waals surface area contributed by atoms with E-state index in [-0.39, 0.29) is 4.90 Å². The molecule has 0 aliphatic heterocycles. The topological polar surface area (TPSA) is 64.6 Å². The Morgan fingerprint density at radius 1 is 1.00 bits per heavy atom. The second kappa shape index (κ2) is 8.17. The summed E-state index contributed by atoms with van der Waals surface area (Å²) in [4.78, 5) is 0.175. The van der Waals surface area contributed by atoms with Gasteiger partial charge in [0.05, 0.1) is 14.2 Å². The molecule has 0 radical (unpaired) electrons. The second-order valence-corrected chi connectivity index (χ2v) is 7.24. The van der Waals surface area contributed by atoms with Crippen molar-refractivity contribution < 1.29 is 17.9 Å². The highest BCUT2D eigenvalue weighted by Crippen LogP contribution is 2.24. The Morgan fingerprint density at radius 3 is 2.33 bits per heavy atom. The Labute approximate surface area is 143 Å². The van der Waals surface area contributed by atoms with Crippen molar-refractivity contribution in [2.45, 2.75) is 24.7 Å². The molecule has 2 rings (SSSR count). The van der Waals surface area contributed by atoms with Gasteiger partial charge >= 0.3 is 0 Å². The van der Waals surface area contributed by atoms with Crippen LogP contribution in [0.2, 0.25) is 0 Å². The van der Waals surface area contributed by atoms with E-state index in [0.717, 1.165) is 23.3 Å². The Morgan fingerprint density at radius 2 is 1.71 bits per heavy atom. The average Bonchev–Trinajstić information content (AvgIpc) is 2.59. The third-order valence-corrected chi connectivity index (χ3v) is 5.18. The molecule has 6 heteroatoms. The van der Waals surface area contributed by atoms with Gasteiger partial charge in [-0.3, -0.25) is 0 Å². The van der Waals surface area contributed by atoms with Crippen molar-refractivity contribution in [1.29, 1.82) is 0 Å². The maximum Gasteiger partial charge on any atom is 0.244 e. The summed E-state index contributed by atoms with van der Waals surface area (Å²) in [7, 11) is -0.492. The molecular formula is C18H23NO4S. The fourth-order valence-corrected chi connectivity index (χ4v) is 3.69. The number of nitrogens with one attached hydrogen (secondary N) is 1. The first-order valence-corrected chi connectivity index (χ1v) is 9.22. The zero-order chi connectivity index (χ0) is 17.6. The van der Waals surface area contributed by atoms with Gasteiger partial charge in [0.1, 0.15) is 16.4 Å². The Kier molecular flexibility index (Phi) is 6.23. The lowest BCUT2D eigenvalue weighted by atomic mass is 10.1. The van der Waals surface area contributed by atoms with Crippen LogP contribution in [0, 0.1) is 6.92 Å². The lowest BCUT2D eigenvalue weighted by Gasteiger charge is -2.11. The van der Waals surface area contributed by atoms with Crippen LogP contribution in [0.1, 0.15) is 17.5 Å². The van der Waals surface area contributed by atoms with Crippen LogP contribution in [0.25, 0.3) is 0 Å². The summed E-state index contributed by atoms with van der Waals surface area (Å²) >= 11 is 0. The molecule has 0 unspecified atom stereocenters. The molecular weight excluding hydrogens is 326 g/mol. The summed E-state index contributed by atoms with van der Waals surface area (Å²) in [5.74, 6) is 1.16. The van der Waals surface area contributed by atoms with Crippen molar-refractivity contribution in [3.63, 3.8) is 0 Å². The van der Waals surface area contributed by atoms with Crippen LogP contribution in [-0.2, 0) is 16.4 Å². The van der Waals surface area contributed by atoms with Crippen molar-refractivity contribution >= 4 is 10.0 Å². The average molecular weight is 349 g/mol. The standard InChI is InChI=1S/C18H23NO4S/c1-14-6-11-17(23-3)18(13-14)24(20,21)19-12-4-5-15-7-9-16(22-2)10-8-15/h6-11,13,19H,4-5,12H2,1-3H3. The molecule has 0 saturated carbocycles. The highest BCUT2D eigenvalue weighted by molar-refractivity contribution is 7.89. The van der Waals surface area contributed by atoms with Gasteiger partial charge in [-0.2, -0.15) is 0 Å². The van der Waals surface area contributed by atoms with Crippen molar-refractivity contribution in [1.82, 2.24) is 4.72 Å². The molecule has 2 aromatic carbocycles. The van der Waals surface area contributed by atoms with Gasteiger partial charge in [-0.1, -0.05) is 18.2 Å². The Bertz CT molecular complexity index is 770. The minimum atomic E-state index is -3.59. The largest absolute Gasteiger partial charge is 0.497 e. The highest BCUT2D eigenvalue weighted by atomic mass is 32.2. The number of rotatable bonds is 8. The molecule has 0 spiro atoms. The van der Waals surface area contributed by atoms with Gasteiger partial charge < -0.3 is 9.47 Å². The zero-order valence-corrected chi connectivity index (χ0v) is 15.0. The highest BCUT2D eigenvalue weighted by Gasteiger charge is 2.18. The van der Waals surface area contributed by atoms with E-state index in [1.807, 2.05) is 37.3 Å². The van der Waals surface area contributed by atoms with E-state index in [9.17, 15) is 8.42 Å². The summed E-state index contributed by atoms with van der Waals surface area (Å²) in [5, 5.41) is 0. The Hall–Kier alpha value is -2.05. The monoisotopic (exact) mass is 349 g/mol. The predicted molar refractivity (Wildman–Crippen MR) is 94.2 cm³/mol. The van der Waals surface area contributed by atoms with E-state index in [0.29, 0.717) is 18.7 Å². The number of methoxy groups -OCH3 is 2. The summed E-state index contributed by atoms with van der Waals surface area (Å²) in [6.45, 7) is 2.22. The minimum absolute atomic E-state index is 0.175. The summed E-state index contributed by atoms with van der Waals surface area (Å²) < 4.78 is 37.8. The Balaban J connectivity index is 1.94. The molecule has 0 aromatic heterocycles. The fraction of sp³-hybridized carbons (Fsp3) is 0.333. The summed E-state index contributed by atoms with van der Waals surface area (Å²) in [5.41, 5.74) is 2.01. The third-order valence-electron chi connectivity index (χ3n) is 3.70. The summed E-state index contributed by atoms with van der Waals surface area (Å²) in [6, 6.07) is 12.9. The number of aryl methyl sites for hydroxylation is 2. The molecule has 0 fully saturated rings. The van der Waals surface area contributed by atoms with E-state index < -0.39 is 10.0 Å². The third kappa shape index (κ3) is 4.72. The molecule has 5 nitrogen and oxygen atoms in total. The first kappa shape index (κ1) is 18.3. The van der Waals surface area contributed by atoms with Crippen LogP contribution in [-0.4, -0.2) is 29.2 Å². The van der Waals surface area contributed by atoms with E-state index in [1.54, 1.807) is 19.2 Å². The second-order valence-electron chi connectivity index (χ2n) is 5.50. The van der Waals surface area contributed by atoms with Gasteiger partial charge in [0, 0.05) is 6.54 Å². The van der Waals surface area contributed by atoms with E-state index in [4.69, 9.17) is 9.47 Å². The molecule has 130 valence electrons. The van der Waals surface area contributed by atoms with Crippen LogP contribution in [0.15, 0.2) is 47.4 Å². The molecule has 0 aliphatic carbocycles. The van der Waals surface area contributed by atoms with Gasteiger partial charge in [-0.15, -0.1) is 0 Å². The SMILES string of the molecule is COc1ccc(CCCNS(=O)(=O)c2cc(C)ccc2OC)cc1. The van der Waals surface area contributed by atoms with E-state index in [1.165, 1.54) is 7.11 Å². The minimum Gasteiger partial charge on any atom is -0.497 e. The molecule has 1 N–H and O–H groups in total. The zero-order valence-electron chi connectivity index (χ0n) is 14.2. The first-order valence-electron chi connectivity index (χ1n) is 7.73. The van der Waals surface area contributed by atoms with Crippen LogP contribution in [0.5, 0.6) is 11.5 Å². The van der Waals surface area contributed by atoms with Crippen LogP contribution in [0.3, 0.4) is 0 Å². The lowest BCUT2D eigenvalue weighted by Crippen LogP contribution is -2.25. The number of sulfonamides is 1. The number of benzene rings is 2. The first-order chi connectivity index (χ1) is 11.5. The maximum atomic E-state index is 12.5. The molecule has 0 saturated heterocycles. The predicted octanol–water partition coefficient (Wildman–Crippen LogP) is 2.92. The molecule has 0 amide bonds. The molecule has 0 bridgehead atoms. The number of hydrogen-bond acceptors (Lipinski definition) is 4. The molecule has 0 heterocycles. The van der Waals surface area contributed by atoms with Gasteiger partial charge in [0.2, 0.25) is 10.0 Å².